The highest BCUT2D eigenvalue weighted by molar-refractivity contribution is 6.38. The minimum absolute atomic E-state index is 0.218. The largest absolute Gasteiger partial charge is 0.462 e. The molecular weight excluding hydrogens is 266 g/mol. The zero-order chi connectivity index (χ0) is 13.4. The number of furan rings is 1. The van der Waals surface area contributed by atoms with Crippen LogP contribution in [0.2, 0.25) is 5.02 Å². The van der Waals surface area contributed by atoms with Gasteiger partial charge in [0.15, 0.2) is 5.58 Å². The fourth-order valence-corrected chi connectivity index (χ4v) is 2.22. The van der Waals surface area contributed by atoms with Gasteiger partial charge >= 0.3 is 5.97 Å². The quantitative estimate of drug-likeness (QED) is 0.667. The molecule has 0 N–H and O–H groups in total. The molecule has 0 radical (unpaired) electrons. The molecule has 2 aromatic heterocycles. The number of para-hydroxylation sites is 1. The Labute approximate surface area is 113 Å². The van der Waals surface area contributed by atoms with E-state index in [1.165, 1.54) is 6.20 Å². The predicted molar refractivity (Wildman–Crippen MR) is 72.5 cm³/mol. The topological polar surface area (TPSA) is 52.3 Å². The number of pyridine rings is 1. The van der Waals surface area contributed by atoms with E-state index in [1.807, 2.05) is 24.3 Å². The summed E-state index contributed by atoms with van der Waals surface area (Å²) in [5.74, 6) is -0.498. The van der Waals surface area contributed by atoms with Gasteiger partial charge in [-0.1, -0.05) is 23.7 Å². The van der Waals surface area contributed by atoms with E-state index in [2.05, 4.69) is 4.98 Å². The van der Waals surface area contributed by atoms with E-state index in [1.54, 1.807) is 6.92 Å². The summed E-state index contributed by atoms with van der Waals surface area (Å²) in [6.07, 6.45) is 1.42. The van der Waals surface area contributed by atoms with Gasteiger partial charge in [-0.25, -0.2) is 4.79 Å². The van der Waals surface area contributed by atoms with Crippen molar-refractivity contribution in [2.75, 3.05) is 6.61 Å². The second kappa shape index (κ2) is 4.55. The lowest BCUT2D eigenvalue weighted by Crippen LogP contribution is -2.05. The number of hydrogen-bond donors (Lipinski definition) is 0. The summed E-state index contributed by atoms with van der Waals surface area (Å²) in [4.78, 5) is 16.0. The molecule has 0 aliphatic rings. The van der Waals surface area contributed by atoms with Crippen molar-refractivity contribution in [2.45, 2.75) is 6.92 Å². The number of carbonyl (C=O) groups is 1. The molecule has 2 heterocycles. The Morgan fingerprint density at radius 3 is 3.00 bits per heavy atom. The number of carbonyl (C=O) groups excluding carboxylic acids is 1. The van der Waals surface area contributed by atoms with Crippen LogP contribution >= 0.6 is 11.6 Å². The molecule has 0 amide bonds. The van der Waals surface area contributed by atoms with Gasteiger partial charge < -0.3 is 9.15 Å². The van der Waals surface area contributed by atoms with Gasteiger partial charge in [0.1, 0.15) is 21.7 Å². The van der Waals surface area contributed by atoms with E-state index >= 15 is 0 Å². The molecule has 0 atom stereocenters. The van der Waals surface area contributed by atoms with Gasteiger partial charge in [0.2, 0.25) is 0 Å². The number of fused-ring (bicyclic) bond motifs is 3. The van der Waals surface area contributed by atoms with Crippen LogP contribution in [-0.4, -0.2) is 17.6 Å². The first-order chi connectivity index (χ1) is 9.22. The Bertz CT molecular complexity index is 779. The molecule has 96 valence electrons. The highest BCUT2D eigenvalue weighted by atomic mass is 35.5. The molecule has 1 aromatic carbocycles. The molecule has 3 aromatic rings. The van der Waals surface area contributed by atoms with Crippen molar-refractivity contribution in [1.82, 2.24) is 4.98 Å². The van der Waals surface area contributed by atoms with Gasteiger partial charge in [0.05, 0.1) is 6.61 Å². The zero-order valence-corrected chi connectivity index (χ0v) is 10.9. The molecule has 0 bridgehead atoms. The molecule has 0 saturated heterocycles. The fraction of sp³-hybridized carbons (Fsp3) is 0.143. The number of hydrogen-bond acceptors (Lipinski definition) is 4. The highest BCUT2D eigenvalue weighted by Crippen LogP contribution is 2.33. The molecule has 3 rings (SSSR count). The van der Waals surface area contributed by atoms with Crippen LogP contribution in [0.1, 0.15) is 17.3 Å². The first-order valence-electron chi connectivity index (χ1n) is 5.85. The van der Waals surface area contributed by atoms with Crippen LogP contribution in [0, 0.1) is 0 Å². The lowest BCUT2D eigenvalue weighted by Gasteiger charge is -2.03. The lowest BCUT2D eigenvalue weighted by molar-refractivity contribution is 0.0526. The molecule has 0 fully saturated rings. The van der Waals surface area contributed by atoms with Crippen LogP contribution < -0.4 is 0 Å². The van der Waals surface area contributed by atoms with E-state index in [-0.39, 0.29) is 17.2 Å². The molecule has 4 nitrogen and oxygen atoms in total. The summed E-state index contributed by atoms with van der Waals surface area (Å²) in [7, 11) is 0. The van der Waals surface area contributed by atoms with Crippen LogP contribution in [0.4, 0.5) is 0 Å². The van der Waals surface area contributed by atoms with Crippen LogP contribution in [0.25, 0.3) is 22.1 Å². The average Bonchev–Trinajstić information content (AvgIpc) is 2.79. The molecule has 19 heavy (non-hydrogen) atoms. The Balaban J connectivity index is 2.27. The van der Waals surface area contributed by atoms with Crippen LogP contribution in [-0.2, 0) is 4.74 Å². The normalized spacial score (nSPS) is 11.1. The maximum absolute atomic E-state index is 11.7. The summed E-state index contributed by atoms with van der Waals surface area (Å²) in [5.41, 5.74) is 1.96. The highest BCUT2D eigenvalue weighted by Gasteiger charge is 2.19. The Kier molecular flexibility index (Phi) is 2.87. The number of ether oxygens (including phenoxy) is 1. The minimum atomic E-state index is -0.498. The molecule has 5 heteroatoms. The third kappa shape index (κ3) is 1.85. The summed E-state index contributed by atoms with van der Waals surface area (Å²) in [5, 5.41) is 1.11. The molecule has 0 unspecified atom stereocenters. The maximum atomic E-state index is 11.7. The standard InChI is InChI=1S/C14H10ClNO3/c1-2-18-14(17)9-7-16-12-8-5-3-4-6-10(8)19-13(12)11(9)15/h3-7H,2H2,1H3. The smallest absolute Gasteiger partial charge is 0.341 e. The van der Waals surface area contributed by atoms with Crippen molar-refractivity contribution in [2.24, 2.45) is 0 Å². The monoisotopic (exact) mass is 275 g/mol. The van der Waals surface area contributed by atoms with Gasteiger partial charge in [-0.2, -0.15) is 0 Å². The number of halogens is 1. The van der Waals surface area contributed by atoms with Gasteiger partial charge in [0, 0.05) is 11.6 Å². The van der Waals surface area contributed by atoms with Crippen LogP contribution in [0.3, 0.4) is 0 Å². The second-order valence-electron chi connectivity index (χ2n) is 3.98. The van der Waals surface area contributed by atoms with Crippen molar-refractivity contribution < 1.29 is 13.9 Å². The SMILES string of the molecule is CCOC(=O)c1cnc2c(oc3ccccc32)c1Cl. The molecular formula is C14H10ClNO3. The number of nitrogens with zero attached hydrogens (tertiary/aromatic N) is 1. The first kappa shape index (κ1) is 12.0. The van der Waals surface area contributed by atoms with Crippen molar-refractivity contribution >= 4 is 39.6 Å². The minimum Gasteiger partial charge on any atom is -0.462 e. The van der Waals surface area contributed by atoms with Crippen molar-refractivity contribution in [1.29, 1.82) is 0 Å². The van der Waals surface area contributed by atoms with E-state index in [0.29, 0.717) is 16.7 Å². The number of esters is 1. The number of benzene rings is 1. The van der Waals surface area contributed by atoms with Gasteiger partial charge in [0.25, 0.3) is 0 Å². The molecule has 0 aliphatic carbocycles. The van der Waals surface area contributed by atoms with Gasteiger partial charge in [-0.3, -0.25) is 4.98 Å². The van der Waals surface area contributed by atoms with Crippen LogP contribution in [0.15, 0.2) is 34.9 Å². The summed E-state index contributed by atoms with van der Waals surface area (Å²) in [6.45, 7) is 2.02. The summed E-state index contributed by atoms with van der Waals surface area (Å²) in [6, 6.07) is 7.49. The number of rotatable bonds is 2. The molecule has 0 spiro atoms. The van der Waals surface area contributed by atoms with E-state index in [4.69, 9.17) is 20.8 Å². The summed E-state index contributed by atoms with van der Waals surface area (Å²) < 4.78 is 10.6. The zero-order valence-electron chi connectivity index (χ0n) is 10.1. The second-order valence-corrected chi connectivity index (χ2v) is 4.36. The summed E-state index contributed by atoms with van der Waals surface area (Å²) >= 11 is 6.21. The predicted octanol–water partition coefficient (Wildman–Crippen LogP) is 3.81. The van der Waals surface area contributed by atoms with E-state index in [0.717, 1.165) is 5.39 Å². The lowest BCUT2D eigenvalue weighted by atomic mass is 10.2. The fourth-order valence-electron chi connectivity index (χ4n) is 1.97. The van der Waals surface area contributed by atoms with Gasteiger partial charge in [-0.15, -0.1) is 0 Å². The Hall–Kier alpha value is -2.07. The third-order valence-corrected chi connectivity index (χ3v) is 3.20. The van der Waals surface area contributed by atoms with Crippen molar-refractivity contribution in [3.63, 3.8) is 0 Å². The Morgan fingerprint density at radius 1 is 1.42 bits per heavy atom. The van der Waals surface area contributed by atoms with E-state index < -0.39 is 5.97 Å². The first-order valence-corrected chi connectivity index (χ1v) is 6.23. The maximum Gasteiger partial charge on any atom is 0.341 e. The molecule has 0 aliphatic heterocycles. The van der Waals surface area contributed by atoms with E-state index in [9.17, 15) is 4.79 Å². The average molecular weight is 276 g/mol. The molecule has 0 saturated carbocycles. The van der Waals surface area contributed by atoms with Crippen LogP contribution in [0.5, 0.6) is 0 Å². The Morgan fingerprint density at radius 2 is 2.21 bits per heavy atom. The van der Waals surface area contributed by atoms with Crippen molar-refractivity contribution in [3.05, 3.63) is 41.0 Å². The number of aromatic nitrogens is 1. The van der Waals surface area contributed by atoms with Crippen molar-refractivity contribution in [3.8, 4) is 0 Å². The van der Waals surface area contributed by atoms with Gasteiger partial charge in [-0.05, 0) is 19.1 Å². The third-order valence-electron chi connectivity index (χ3n) is 2.82.